The summed E-state index contributed by atoms with van der Waals surface area (Å²) in [6.45, 7) is -1.77. The van der Waals surface area contributed by atoms with Gasteiger partial charge in [-0.05, 0) is 6.42 Å². The van der Waals surface area contributed by atoms with Crippen molar-refractivity contribution in [1.29, 1.82) is 0 Å². The highest BCUT2D eigenvalue weighted by Gasteiger charge is 2.35. The number of carboxylic acid groups (broad SMARTS) is 4. The molecule has 1 aromatic carbocycles. The van der Waals surface area contributed by atoms with Gasteiger partial charge in [-0.25, -0.2) is 8.78 Å². The van der Waals surface area contributed by atoms with Crippen LogP contribution < -0.4 is 4.74 Å². The Hall–Kier alpha value is -3.96. The number of esters is 1. The fourth-order valence-electron chi connectivity index (χ4n) is 4.70. The van der Waals surface area contributed by atoms with Crippen molar-refractivity contribution in [3.8, 4) is 5.75 Å². The van der Waals surface area contributed by atoms with Gasteiger partial charge < -0.3 is 25.2 Å². The van der Waals surface area contributed by atoms with Crippen LogP contribution >= 0.6 is 0 Å². The van der Waals surface area contributed by atoms with Crippen molar-refractivity contribution in [3.63, 3.8) is 0 Å². The lowest BCUT2D eigenvalue weighted by atomic mass is 10.1. The predicted molar refractivity (Wildman–Crippen MR) is 146 cm³/mol. The minimum absolute atomic E-state index is 0.0248. The second-order valence-corrected chi connectivity index (χ2v) is 11.7. The van der Waals surface area contributed by atoms with Gasteiger partial charge in [0.1, 0.15) is 6.04 Å². The van der Waals surface area contributed by atoms with Crippen LogP contribution in [-0.4, -0.2) is 161 Å². The van der Waals surface area contributed by atoms with Crippen LogP contribution in [-0.2, 0) is 34.1 Å². The first-order chi connectivity index (χ1) is 21.8. The zero-order valence-electron chi connectivity index (χ0n) is 24.5. The molecule has 0 unspecified atom stereocenters. The van der Waals surface area contributed by atoms with Crippen LogP contribution in [0.4, 0.5) is 17.6 Å². The monoisotopic (exact) mass is 704 g/mol. The molecule has 0 aliphatic carbocycles. The summed E-state index contributed by atoms with van der Waals surface area (Å²) in [6, 6.07) is -1.57. The summed E-state index contributed by atoms with van der Waals surface area (Å²) in [5.74, 6) is -18.9. The smallest absolute Gasteiger partial charge is 0.320 e. The molecular formula is C25H32F4N4O13S. The second-order valence-electron chi connectivity index (χ2n) is 10.3. The lowest BCUT2D eigenvalue weighted by Crippen LogP contribution is -2.52. The molecule has 2 rings (SSSR count). The molecule has 5 N–H and O–H groups in total. The van der Waals surface area contributed by atoms with E-state index in [1.165, 1.54) is 19.6 Å². The number of benzene rings is 1. The first kappa shape index (κ1) is 39.2. The van der Waals surface area contributed by atoms with Crippen molar-refractivity contribution >= 4 is 40.0 Å². The topological polar surface area (TPSA) is 243 Å². The predicted octanol–water partition coefficient (Wildman–Crippen LogP) is -0.896. The molecule has 47 heavy (non-hydrogen) atoms. The van der Waals surface area contributed by atoms with Crippen LogP contribution in [0, 0.1) is 23.3 Å². The number of hydrogen-bond donors (Lipinski definition) is 5. The van der Waals surface area contributed by atoms with E-state index in [0.717, 1.165) is 0 Å². The molecule has 22 heteroatoms. The van der Waals surface area contributed by atoms with Gasteiger partial charge in [0.2, 0.25) is 17.4 Å². The van der Waals surface area contributed by atoms with Gasteiger partial charge in [-0.15, -0.1) is 0 Å². The second kappa shape index (κ2) is 17.3. The van der Waals surface area contributed by atoms with Crippen molar-refractivity contribution in [1.82, 2.24) is 19.6 Å². The SMILES string of the molecule is O=C(O)CN1CCN(CC(=O)O)CCN([C@H](CCC(=O)Oc2c(F)c(F)c(S(=O)(=O)O)c(F)c2F)C(=O)O)CCN(CC(=O)O)CC1. The molecule has 1 saturated heterocycles. The molecule has 0 saturated carbocycles. The lowest BCUT2D eigenvalue weighted by Gasteiger charge is -2.35. The summed E-state index contributed by atoms with van der Waals surface area (Å²) < 4.78 is 92.2. The first-order valence-corrected chi connectivity index (χ1v) is 15.1. The molecule has 1 heterocycles. The van der Waals surface area contributed by atoms with Crippen molar-refractivity contribution in [2.24, 2.45) is 0 Å². The molecule has 1 fully saturated rings. The fraction of sp³-hybridized carbons (Fsp3) is 0.560. The Morgan fingerprint density at radius 2 is 1.02 bits per heavy atom. The van der Waals surface area contributed by atoms with E-state index >= 15 is 0 Å². The van der Waals surface area contributed by atoms with E-state index in [2.05, 4.69) is 4.74 Å². The van der Waals surface area contributed by atoms with Gasteiger partial charge in [-0.3, -0.25) is 48.1 Å². The van der Waals surface area contributed by atoms with E-state index in [9.17, 15) is 70.4 Å². The Labute approximate surface area is 264 Å². The Morgan fingerprint density at radius 1 is 0.660 bits per heavy atom. The van der Waals surface area contributed by atoms with Gasteiger partial charge in [0, 0.05) is 58.8 Å². The highest BCUT2D eigenvalue weighted by molar-refractivity contribution is 7.85. The summed E-state index contributed by atoms with van der Waals surface area (Å²) in [5, 5.41) is 37.8. The van der Waals surface area contributed by atoms with Gasteiger partial charge in [-0.2, -0.15) is 17.2 Å². The number of carbonyl (C=O) groups excluding carboxylic acids is 1. The zero-order chi connectivity index (χ0) is 35.6. The van der Waals surface area contributed by atoms with E-state index < -0.39 is 112 Å². The summed E-state index contributed by atoms with van der Waals surface area (Å²) in [4.78, 5) is 62.1. The fourth-order valence-corrected chi connectivity index (χ4v) is 5.33. The standard InChI is InChI=1S/C25H32F4N4O13S/c26-19-21(28)24(47(43,44)45)22(29)20(27)23(19)46-18(40)2-1-14(25(41)42)33-9-7-31(12-16(36)37)5-3-30(11-15(34)35)4-6-32(8-10-33)13-17(38)39/h14H,1-13H2,(H,34,35)(H,36,37)(H,38,39)(H,41,42)(H,43,44,45)/t14-/m1/s1. The molecule has 1 aliphatic heterocycles. The van der Waals surface area contributed by atoms with Gasteiger partial charge in [0.15, 0.2) is 16.5 Å². The molecule has 0 amide bonds. The Bertz CT molecular complexity index is 1410. The maximum Gasteiger partial charge on any atom is 0.320 e. The van der Waals surface area contributed by atoms with Crippen LogP contribution in [0.15, 0.2) is 4.90 Å². The van der Waals surface area contributed by atoms with Gasteiger partial charge in [0.25, 0.3) is 0 Å². The Kier molecular flexibility index (Phi) is 14.4. The largest absolute Gasteiger partial charge is 0.480 e. The van der Waals surface area contributed by atoms with Crippen molar-refractivity contribution in [2.45, 2.75) is 23.8 Å². The molecule has 1 aromatic rings. The Morgan fingerprint density at radius 3 is 1.34 bits per heavy atom. The minimum Gasteiger partial charge on any atom is -0.480 e. The van der Waals surface area contributed by atoms with E-state index in [-0.39, 0.29) is 52.4 Å². The quantitative estimate of drug-likeness (QED) is 0.0549. The highest BCUT2D eigenvalue weighted by atomic mass is 32.2. The third-order valence-corrected chi connectivity index (χ3v) is 7.83. The first-order valence-electron chi connectivity index (χ1n) is 13.6. The van der Waals surface area contributed by atoms with Gasteiger partial charge in [-0.1, -0.05) is 0 Å². The van der Waals surface area contributed by atoms with Crippen molar-refractivity contribution in [2.75, 3.05) is 72.0 Å². The normalized spacial score (nSPS) is 17.3. The molecule has 1 aliphatic rings. The summed E-state index contributed by atoms with van der Waals surface area (Å²) >= 11 is 0. The molecule has 1 atom stereocenters. The maximum absolute atomic E-state index is 14.3. The van der Waals surface area contributed by atoms with E-state index in [0.29, 0.717) is 0 Å². The number of aliphatic carboxylic acids is 4. The molecule has 264 valence electrons. The third kappa shape index (κ3) is 12.0. The summed E-state index contributed by atoms with van der Waals surface area (Å²) in [7, 11) is -5.78. The molecular weight excluding hydrogens is 672 g/mol. The zero-order valence-corrected chi connectivity index (χ0v) is 25.3. The summed E-state index contributed by atoms with van der Waals surface area (Å²) in [5.41, 5.74) is 0. The maximum atomic E-state index is 14.3. The number of rotatable bonds is 13. The average molecular weight is 705 g/mol. The lowest BCUT2D eigenvalue weighted by molar-refractivity contribution is -0.145. The number of halogens is 4. The number of carboxylic acids is 4. The summed E-state index contributed by atoms with van der Waals surface area (Å²) in [6.07, 6.45) is -1.58. The van der Waals surface area contributed by atoms with E-state index in [1.54, 1.807) is 0 Å². The number of ether oxygens (including phenoxy) is 1. The van der Waals surface area contributed by atoms with Gasteiger partial charge >= 0.3 is 40.0 Å². The molecule has 0 aromatic heterocycles. The highest BCUT2D eigenvalue weighted by Crippen LogP contribution is 2.32. The minimum atomic E-state index is -5.78. The van der Waals surface area contributed by atoms with Crippen LogP contribution in [0.25, 0.3) is 0 Å². The average Bonchev–Trinajstić information content (AvgIpc) is 2.93. The van der Waals surface area contributed by atoms with Crippen molar-refractivity contribution < 1.29 is 79.7 Å². The Balaban J connectivity index is 2.30. The van der Waals surface area contributed by atoms with E-state index in [1.807, 2.05) is 0 Å². The van der Waals surface area contributed by atoms with E-state index in [4.69, 9.17) is 4.55 Å². The number of hydrogen-bond acceptors (Lipinski definition) is 12. The van der Waals surface area contributed by atoms with Crippen LogP contribution in [0.1, 0.15) is 12.8 Å². The number of carbonyl (C=O) groups is 5. The van der Waals surface area contributed by atoms with Gasteiger partial charge in [0.05, 0.1) is 19.6 Å². The van der Waals surface area contributed by atoms with Crippen LogP contribution in [0.5, 0.6) is 5.75 Å². The molecule has 0 spiro atoms. The number of nitrogens with zero attached hydrogens (tertiary/aromatic N) is 4. The molecule has 0 bridgehead atoms. The molecule has 17 nitrogen and oxygen atoms in total. The molecule has 0 radical (unpaired) electrons. The van der Waals surface area contributed by atoms with Crippen LogP contribution in [0.2, 0.25) is 0 Å². The van der Waals surface area contributed by atoms with Crippen molar-refractivity contribution in [3.05, 3.63) is 23.3 Å². The van der Waals surface area contributed by atoms with Crippen LogP contribution in [0.3, 0.4) is 0 Å². The third-order valence-electron chi connectivity index (χ3n) is 6.95.